The van der Waals surface area contributed by atoms with Crippen LogP contribution in [0, 0.1) is 11.8 Å². The van der Waals surface area contributed by atoms with Crippen LogP contribution in [0.3, 0.4) is 0 Å². The smallest absolute Gasteiger partial charge is 0.222 e. The lowest BCUT2D eigenvalue weighted by molar-refractivity contribution is -0.133. The van der Waals surface area contributed by atoms with Crippen molar-refractivity contribution in [1.29, 1.82) is 0 Å². The molecule has 0 aromatic heterocycles. The quantitative estimate of drug-likeness (QED) is 0.866. The molecular formula is C15H29ClN2O. The van der Waals surface area contributed by atoms with E-state index >= 15 is 0 Å². The van der Waals surface area contributed by atoms with E-state index in [0.717, 1.165) is 25.4 Å². The van der Waals surface area contributed by atoms with E-state index in [4.69, 9.17) is 0 Å². The Morgan fingerprint density at radius 3 is 2.26 bits per heavy atom. The van der Waals surface area contributed by atoms with E-state index in [0.29, 0.717) is 17.9 Å². The van der Waals surface area contributed by atoms with Crippen molar-refractivity contribution >= 4 is 18.3 Å². The van der Waals surface area contributed by atoms with Crippen LogP contribution in [0.25, 0.3) is 0 Å². The zero-order valence-electron chi connectivity index (χ0n) is 12.4. The molecule has 1 amide bonds. The SMILES string of the molecule is CC1CCC(N(C)C(=O)CC2CCNCC2)CC1.Cl. The van der Waals surface area contributed by atoms with E-state index in [2.05, 4.69) is 12.2 Å². The normalized spacial score (nSPS) is 28.5. The summed E-state index contributed by atoms with van der Waals surface area (Å²) in [6.45, 7) is 4.50. The standard InChI is InChI=1S/C15H28N2O.ClH/c1-12-3-5-14(6-4-12)17(2)15(18)11-13-7-9-16-10-8-13;/h12-14,16H,3-11H2,1-2H3;1H. The molecule has 1 aliphatic heterocycles. The molecule has 1 N–H and O–H groups in total. The lowest BCUT2D eigenvalue weighted by Crippen LogP contribution is -2.40. The number of piperidine rings is 1. The molecule has 4 heteroatoms. The highest BCUT2D eigenvalue weighted by molar-refractivity contribution is 5.85. The number of carbonyl (C=O) groups is 1. The van der Waals surface area contributed by atoms with Gasteiger partial charge in [-0.15, -0.1) is 12.4 Å². The van der Waals surface area contributed by atoms with Crippen molar-refractivity contribution in [2.75, 3.05) is 20.1 Å². The first-order valence-electron chi connectivity index (χ1n) is 7.63. The van der Waals surface area contributed by atoms with E-state index in [1.165, 1.54) is 38.5 Å². The number of rotatable bonds is 3. The summed E-state index contributed by atoms with van der Waals surface area (Å²) in [6, 6.07) is 0.510. The molecule has 2 fully saturated rings. The van der Waals surface area contributed by atoms with Gasteiger partial charge in [0.05, 0.1) is 0 Å². The topological polar surface area (TPSA) is 32.3 Å². The monoisotopic (exact) mass is 288 g/mol. The number of amides is 1. The van der Waals surface area contributed by atoms with Gasteiger partial charge in [0.25, 0.3) is 0 Å². The molecular weight excluding hydrogens is 260 g/mol. The highest BCUT2D eigenvalue weighted by Gasteiger charge is 2.26. The number of nitrogens with one attached hydrogen (secondary N) is 1. The average Bonchev–Trinajstić information content (AvgIpc) is 2.40. The van der Waals surface area contributed by atoms with Crippen LogP contribution < -0.4 is 5.32 Å². The third-order valence-corrected chi connectivity index (χ3v) is 4.85. The molecule has 3 nitrogen and oxygen atoms in total. The van der Waals surface area contributed by atoms with Crippen LogP contribution in [0.1, 0.15) is 51.9 Å². The minimum Gasteiger partial charge on any atom is -0.343 e. The Kier molecular flexibility index (Phi) is 7.16. The summed E-state index contributed by atoms with van der Waals surface area (Å²) >= 11 is 0. The zero-order chi connectivity index (χ0) is 13.0. The third-order valence-electron chi connectivity index (χ3n) is 4.85. The Morgan fingerprint density at radius 2 is 1.68 bits per heavy atom. The fourth-order valence-corrected chi connectivity index (χ4v) is 3.31. The van der Waals surface area contributed by atoms with E-state index in [1.54, 1.807) is 0 Å². The lowest BCUT2D eigenvalue weighted by atomic mass is 9.86. The Bertz CT molecular complexity index is 271. The minimum absolute atomic E-state index is 0. The summed E-state index contributed by atoms with van der Waals surface area (Å²) in [4.78, 5) is 14.3. The first-order valence-corrected chi connectivity index (χ1v) is 7.63. The van der Waals surface area contributed by atoms with Crippen LogP contribution in [0.15, 0.2) is 0 Å². The molecule has 0 aromatic carbocycles. The van der Waals surface area contributed by atoms with Gasteiger partial charge in [-0.1, -0.05) is 6.92 Å². The predicted octanol–water partition coefficient (Wildman–Crippen LogP) is 2.84. The first-order chi connectivity index (χ1) is 8.66. The van der Waals surface area contributed by atoms with Gasteiger partial charge in [0, 0.05) is 19.5 Å². The van der Waals surface area contributed by atoms with Gasteiger partial charge in [0.15, 0.2) is 0 Å². The molecule has 112 valence electrons. The molecule has 1 heterocycles. The third kappa shape index (κ3) is 4.96. The van der Waals surface area contributed by atoms with Crippen molar-refractivity contribution in [1.82, 2.24) is 10.2 Å². The van der Waals surface area contributed by atoms with E-state index in [1.807, 2.05) is 11.9 Å². The van der Waals surface area contributed by atoms with Gasteiger partial charge in [-0.05, 0) is 63.5 Å². The predicted molar refractivity (Wildman–Crippen MR) is 81.6 cm³/mol. The molecule has 0 aromatic rings. The largest absolute Gasteiger partial charge is 0.343 e. The Morgan fingerprint density at radius 1 is 1.11 bits per heavy atom. The maximum atomic E-state index is 12.3. The van der Waals surface area contributed by atoms with Crippen molar-refractivity contribution in [3.8, 4) is 0 Å². The fourth-order valence-electron chi connectivity index (χ4n) is 3.31. The van der Waals surface area contributed by atoms with Crippen molar-refractivity contribution in [3.05, 3.63) is 0 Å². The number of halogens is 1. The molecule has 2 rings (SSSR count). The Balaban J connectivity index is 0.00000180. The second-order valence-electron chi connectivity index (χ2n) is 6.32. The van der Waals surface area contributed by atoms with Gasteiger partial charge in [-0.3, -0.25) is 4.79 Å². The maximum absolute atomic E-state index is 12.3. The molecule has 0 radical (unpaired) electrons. The molecule has 19 heavy (non-hydrogen) atoms. The highest BCUT2D eigenvalue weighted by Crippen LogP contribution is 2.27. The van der Waals surface area contributed by atoms with Crippen molar-refractivity contribution in [2.45, 2.75) is 57.9 Å². The molecule has 2 aliphatic rings. The number of hydrogen-bond acceptors (Lipinski definition) is 2. The van der Waals surface area contributed by atoms with Crippen LogP contribution in [0.4, 0.5) is 0 Å². The molecule has 0 spiro atoms. The summed E-state index contributed by atoms with van der Waals surface area (Å²) in [7, 11) is 2.02. The van der Waals surface area contributed by atoms with Gasteiger partial charge >= 0.3 is 0 Å². The number of hydrogen-bond donors (Lipinski definition) is 1. The van der Waals surface area contributed by atoms with Crippen LogP contribution in [0.5, 0.6) is 0 Å². The minimum atomic E-state index is 0. The number of carbonyl (C=O) groups excluding carboxylic acids is 1. The Labute approximate surface area is 123 Å². The number of nitrogens with zero attached hydrogens (tertiary/aromatic N) is 1. The van der Waals surface area contributed by atoms with Gasteiger partial charge in [0.2, 0.25) is 5.91 Å². The van der Waals surface area contributed by atoms with E-state index in [9.17, 15) is 4.79 Å². The van der Waals surface area contributed by atoms with Crippen molar-refractivity contribution < 1.29 is 4.79 Å². The molecule has 1 aliphatic carbocycles. The van der Waals surface area contributed by atoms with E-state index < -0.39 is 0 Å². The van der Waals surface area contributed by atoms with Crippen LogP contribution in [-0.4, -0.2) is 37.0 Å². The average molecular weight is 289 g/mol. The molecule has 1 saturated heterocycles. The fraction of sp³-hybridized carbons (Fsp3) is 0.933. The van der Waals surface area contributed by atoms with Crippen LogP contribution >= 0.6 is 12.4 Å². The highest BCUT2D eigenvalue weighted by atomic mass is 35.5. The van der Waals surface area contributed by atoms with Crippen LogP contribution in [0.2, 0.25) is 0 Å². The Hall–Kier alpha value is -0.280. The van der Waals surface area contributed by atoms with Crippen molar-refractivity contribution in [2.24, 2.45) is 11.8 Å². The van der Waals surface area contributed by atoms with Gasteiger partial charge < -0.3 is 10.2 Å². The molecule has 0 bridgehead atoms. The van der Waals surface area contributed by atoms with Crippen molar-refractivity contribution in [3.63, 3.8) is 0 Å². The lowest BCUT2D eigenvalue weighted by Gasteiger charge is -2.34. The van der Waals surface area contributed by atoms with Gasteiger partial charge in [-0.25, -0.2) is 0 Å². The van der Waals surface area contributed by atoms with Gasteiger partial charge in [-0.2, -0.15) is 0 Å². The zero-order valence-corrected chi connectivity index (χ0v) is 13.2. The second-order valence-corrected chi connectivity index (χ2v) is 6.32. The van der Waals surface area contributed by atoms with Gasteiger partial charge in [0.1, 0.15) is 0 Å². The summed E-state index contributed by atoms with van der Waals surface area (Å²) in [6.07, 6.45) is 8.09. The summed E-state index contributed by atoms with van der Waals surface area (Å²) in [5.41, 5.74) is 0. The molecule has 0 atom stereocenters. The van der Waals surface area contributed by atoms with E-state index in [-0.39, 0.29) is 12.4 Å². The summed E-state index contributed by atoms with van der Waals surface area (Å²) < 4.78 is 0. The second kappa shape index (κ2) is 8.11. The first kappa shape index (κ1) is 16.8. The summed E-state index contributed by atoms with van der Waals surface area (Å²) in [5.74, 6) is 1.85. The summed E-state index contributed by atoms with van der Waals surface area (Å²) in [5, 5.41) is 3.36. The molecule has 0 unspecified atom stereocenters. The molecule has 1 saturated carbocycles. The van der Waals surface area contributed by atoms with Crippen LogP contribution in [-0.2, 0) is 4.79 Å². The maximum Gasteiger partial charge on any atom is 0.222 e.